The van der Waals surface area contributed by atoms with Crippen LogP contribution in [0.1, 0.15) is 27.1 Å². The molecule has 0 saturated carbocycles. The van der Waals surface area contributed by atoms with Gasteiger partial charge in [0.25, 0.3) is 0 Å². The fourth-order valence-electron chi connectivity index (χ4n) is 2.65. The van der Waals surface area contributed by atoms with Gasteiger partial charge in [-0.2, -0.15) is 0 Å². The van der Waals surface area contributed by atoms with Crippen LogP contribution in [-0.4, -0.2) is 61.4 Å². The maximum atomic E-state index is 11.6. The van der Waals surface area contributed by atoms with Crippen LogP contribution in [-0.2, 0) is 0 Å². The highest BCUT2D eigenvalue weighted by Crippen LogP contribution is 2.33. The number of nitrogens with zero attached hydrogens (tertiary/aromatic N) is 1. The molecule has 0 bridgehead atoms. The molecule has 8 nitrogen and oxygen atoms in total. The standard InChI is InChI=1S/C20H24N2O6/c1-22(2)10-5-11-28-13-8-9-15(17(12-13)27-3)21-16-7-4-6-14(19(23)24)18(16)20(25)26/h4,6-9,12,21H,5,10-11H2,1-3H3,(H,23,24)(H,25,26). The Bertz CT molecular complexity index is 851. The Balaban J connectivity index is 2.24. The van der Waals surface area contributed by atoms with Crippen molar-refractivity contribution in [2.24, 2.45) is 0 Å². The lowest BCUT2D eigenvalue weighted by Gasteiger charge is -2.16. The summed E-state index contributed by atoms with van der Waals surface area (Å²) in [6.07, 6.45) is 0.874. The van der Waals surface area contributed by atoms with Crippen molar-refractivity contribution < 1.29 is 29.3 Å². The van der Waals surface area contributed by atoms with E-state index in [0.29, 0.717) is 23.8 Å². The van der Waals surface area contributed by atoms with E-state index in [1.165, 1.54) is 25.3 Å². The molecule has 28 heavy (non-hydrogen) atoms. The zero-order valence-corrected chi connectivity index (χ0v) is 16.1. The van der Waals surface area contributed by atoms with Gasteiger partial charge in [-0.3, -0.25) is 0 Å². The molecule has 8 heteroatoms. The Morgan fingerprint density at radius 1 is 1.07 bits per heavy atom. The SMILES string of the molecule is COc1cc(OCCCN(C)C)ccc1Nc1cccc(C(=O)O)c1C(=O)O. The molecular weight excluding hydrogens is 364 g/mol. The summed E-state index contributed by atoms with van der Waals surface area (Å²) in [6.45, 7) is 1.46. The molecule has 0 radical (unpaired) electrons. The average Bonchev–Trinajstić information content (AvgIpc) is 2.65. The molecule has 0 aromatic heterocycles. The molecule has 2 aromatic carbocycles. The first-order chi connectivity index (χ1) is 13.3. The lowest BCUT2D eigenvalue weighted by Crippen LogP contribution is -2.15. The lowest BCUT2D eigenvalue weighted by atomic mass is 10.0. The number of methoxy groups -OCH3 is 1. The van der Waals surface area contributed by atoms with Crippen molar-refractivity contribution in [3.8, 4) is 11.5 Å². The number of hydrogen-bond donors (Lipinski definition) is 3. The summed E-state index contributed by atoms with van der Waals surface area (Å²) < 4.78 is 11.1. The second-order valence-corrected chi connectivity index (χ2v) is 6.33. The first kappa shape index (κ1) is 21.0. The molecule has 0 heterocycles. The molecule has 0 spiro atoms. The number of hydrogen-bond acceptors (Lipinski definition) is 6. The number of nitrogens with one attached hydrogen (secondary N) is 1. The monoisotopic (exact) mass is 388 g/mol. The third-order valence-corrected chi connectivity index (χ3v) is 3.97. The topological polar surface area (TPSA) is 108 Å². The van der Waals surface area contributed by atoms with Gasteiger partial charge in [0.05, 0.1) is 36.2 Å². The van der Waals surface area contributed by atoms with Crippen LogP contribution >= 0.6 is 0 Å². The molecule has 3 N–H and O–H groups in total. The summed E-state index contributed by atoms with van der Waals surface area (Å²) in [5.74, 6) is -1.57. The fourth-order valence-corrected chi connectivity index (χ4v) is 2.65. The summed E-state index contributed by atoms with van der Waals surface area (Å²) in [4.78, 5) is 25.0. The number of aromatic carboxylic acids is 2. The second kappa shape index (κ2) is 9.61. The van der Waals surface area contributed by atoms with E-state index in [1.807, 2.05) is 14.1 Å². The highest BCUT2D eigenvalue weighted by atomic mass is 16.5. The quantitative estimate of drug-likeness (QED) is 0.533. The minimum Gasteiger partial charge on any atom is -0.494 e. The van der Waals surface area contributed by atoms with Crippen LogP contribution in [0.25, 0.3) is 0 Å². The first-order valence-corrected chi connectivity index (χ1v) is 8.65. The number of carboxylic acids is 2. The number of rotatable bonds is 10. The largest absolute Gasteiger partial charge is 0.494 e. The Labute approximate surface area is 163 Å². The van der Waals surface area contributed by atoms with Gasteiger partial charge in [-0.05, 0) is 44.8 Å². The van der Waals surface area contributed by atoms with Crippen molar-refractivity contribution in [3.63, 3.8) is 0 Å². The van der Waals surface area contributed by atoms with Gasteiger partial charge < -0.3 is 29.9 Å². The molecule has 2 rings (SSSR count). The molecule has 0 aliphatic rings. The Hall–Kier alpha value is -3.26. The number of ether oxygens (including phenoxy) is 2. The average molecular weight is 388 g/mol. The van der Waals surface area contributed by atoms with E-state index in [0.717, 1.165) is 13.0 Å². The summed E-state index contributed by atoms with van der Waals surface area (Å²) in [5, 5.41) is 21.6. The molecule has 150 valence electrons. The molecule has 0 fully saturated rings. The maximum absolute atomic E-state index is 11.6. The number of benzene rings is 2. The van der Waals surface area contributed by atoms with Crippen LogP contribution in [0.15, 0.2) is 36.4 Å². The molecule has 0 aliphatic heterocycles. The van der Waals surface area contributed by atoms with Crippen LogP contribution < -0.4 is 14.8 Å². The Kier molecular flexibility index (Phi) is 7.22. The van der Waals surface area contributed by atoms with Gasteiger partial charge in [0, 0.05) is 12.6 Å². The van der Waals surface area contributed by atoms with Crippen molar-refractivity contribution in [2.75, 3.05) is 39.7 Å². The van der Waals surface area contributed by atoms with Gasteiger partial charge in [0.2, 0.25) is 0 Å². The zero-order chi connectivity index (χ0) is 20.7. The predicted octanol–water partition coefficient (Wildman–Crippen LogP) is 3.17. The van der Waals surface area contributed by atoms with Crippen molar-refractivity contribution in [1.82, 2.24) is 4.90 Å². The van der Waals surface area contributed by atoms with E-state index < -0.39 is 11.9 Å². The van der Waals surface area contributed by atoms with Crippen molar-refractivity contribution in [2.45, 2.75) is 6.42 Å². The van der Waals surface area contributed by atoms with Crippen molar-refractivity contribution in [1.29, 1.82) is 0 Å². The van der Waals surface area contributed by atoms with E-state index in [2.05, 4.69) is 10.2 Å². The van der Waals surface area contributed by atoms with E-state index in [4.69, 9.17) is 9.47 Å². The first-order valence-electron chi connectivity index (χ1n) is 8.65. The minimum atomic E-state index is -1.33. The van der Waals surface area contributed by atoms with Crippen molar-refractivity contribution >= 4 is 23.3 Å². The van der Waals surface area contributed by atoms with Crippen LogP contribution in [0.4, 0.5) is 11.4 Å². The molecule has 0 saturated heterocycles. The van der Waals surface area contributed by atoms with Gasteiger partial charge in [0.15, 0.2) is 0 Å². The summed E-state index contributed by atoms with van der Waals surface area (Å²) in [6, 6.07) is 9.35. The van der Waals surface area contributed by atoms with Crippen LogP contribution in [0.5, 0.6) is 11.5 Å². The van der Waals surface area contributed by atoms with Crippen LogP contribution in [0, 0.1) is 0 Å². The molecule has 0 atom stereocenters. The van der Waals surface area contributed by atoms with Gasteiger partial charge in [-0.25, -0.2) is 9.59 Å². The Morgan fingerprint density at radius 2 is 1.82 bits per heavy atom. The van der Waals surface area contributed by atoms with Crippen molar-refractivity contribution in [3.05, 3.63) is 47.5 Å². The zero-order valence-electron chi connectivity index (χ0n) is 16.1. The smallest absolute Gasteiger partial charge is 0.338 e. The molecule has 0 unspecified atom stereocenters. The highest BCUT2D eigenvalue weighted by molar-refractivity contribution is 6.06. The fraction of sp³-hybridized carbons (Fsp3) is 0.300. The van der Waals surface area contributed by atoms with Gasteiger partial charge >= 0.3 is 11.9 Å². The molecular formula is C20H24N2O6. The maximum Gasteiger partial charge on any atom is 0.338 e. The number of carboxylic acid groups (broad SMARTS) is 2. The molecule has 0 amide bonds. The number of anilines is 2. The van der Waals surface area contributed by atoms with E-state index in [-0.39, 0.29) is 16.8 Å². The third-order valence-electron chi connectivity index (χ3n) is 3.97. The van der Waals surface area contributed by atoms with Crippen LogP contribution in [0.3, 0.4) is 0 Å². The summed E-state index contributed by atoms with van der Waals surface area (Å²) in [5.41, 5.74) is 0.0388. The molecule has 0 aliphatic carbocycles. The normalized spacial score (nSPS) is 10.6. The van der Waals surface area contributed by atoms with E-state index in [9.17, 15) is 19.8 Å². The predicted molar refractivity (Wildman–Crippen MR) is 105 cm³/mol. The Morgan fingerprint density at radius 3 is 2.43 bits per heavy atom. The summed E-state index contributed by atoms with van der Waals surface area (Å²) >= 11 is 0. The van der Waals surface area contributed by atoms with Gasteiger partial charge in [-0.15, -0.1) is 0 Å². The highest BCUT2D eigenvalue weighted by Gasteiger charge is 2.20. The van der Waals surface area contributed by atoms with Crippen LogP contribution in [0.2, 0.25) is 0 Å². The van der Waals surface area contributed by atoms with Gasteiger partial charge in [0.1, 0.15) is 11.5 Å². The second-order valence-electron chi connectivity index (χ2n) is 6.33. The van der Waals surface area contributed by atoms with E-state index >= 15 is 0 Å². The van der Waals surface area contributed by atoms with Gasteiger partial charge in [-0.1, -0.05) is 6.07 Å². The minimum absolute atomic E-state index is 0.158. The lowest BCUT2D eigenvalue weighted by molar-refractivity contribution is 0.0652. The molecule has 2 aromatic rings. The van der Waals surface area contributed by atoms with E-state index in [1.54, 1.807) is 18.2 Å². The number of carbonyl (C=O) groups is 2. The summed E-state index contributed by atoms with van der Waals surface area (Å²) in [7, 11) is 5.48. The third kappa shape index (κ3) is 5.37.